The standard InChI is InChI=1S/C24H23FN2O2/c1-29-21-7-2-5-17(16-21)15-20-6-3-8-22(26-20)23-9-4-14-27(23)24(28)18-10-12-19(25)13-11-18/h2-3,5-8,10-13,16,23H,4,9,14-15H2,1H3/t23-/m1/s1. The fourth-order valence-electron chi connectivity index (χ4n) is 3.85. The lowest BCUT2D eigenvalue weighted by molar-refractivity contribution is 0.0732. The average Bonchev–Trinajstić information content (AvgIpc) is 3.24. The molecule has 29 heavy (non-hydrogen) atoms. The molecule has 0 aliphatic carbocycles. The van der Waals surface area contributed by atoms with E-state index in [0.717, 1.165) is 35.5 Å². The number of hydrogen-bond donors (Lipinski definition) is 0. The number of hydrogen-bond acceptors (Lipinski definition) is 3. The largest absolute Gasteiger partial charge is 0.497 e. The van der Waals surface area contributed by atoms with Crippen molar-refractivity contribution in [2.75, 3.05) is 13.7 Å². The van der Waals surface area contributed by atoms with E-state index in [9.17, 15) is 9.18 Å². The van der Waals surface area contributed by atoms with Crippen LogP contribution in [0.3, 0.4) is 0 Å². The van der Waals surface area contributed by atoms with Crippen molar-refractivity contribution in [1.29, 1.82) is 0 Å². The van der Waals surface area contributed by atoms with Crippen LogP contribution in [0, 0.1) is 5.82 Å². The lowest BCUT2D eigenvalue weighted by Gasteiger charge is -2.25. The fraction of sp³-hybridized carbons (Fsp3) is 0.250. The number of benzene rings is 2. The quantitative estimate of drug-likeness (QED) is 0.629. The van der Waals surface area contributed by atoms with E-state index in [2.05, 4.69) is 6.07 Å². The fourth-order valence-corrected chi connectivity index (χ4v) is 3.85. The van der Waals surface area contributed by atoms with Gasteiger partial charge >= 0.3 is 0 Å². The van der Waals surface area contributed by atoms with Gasteiger partial charge in [0, 0.05) is 24.2 Å². The second kappa shape index (κ2) is 8.43. The number of halogens is 1. The maximum Gasteiger partial charge on any atom is 0.254 e. The molecule has 1 aliphatic rings. The smallest absolute Gasteiger partial charge is 0.254 e. The first-order valence-corrected chi connectivity index (χ1v) is 9.79. The summed E-state index contributed by atoms with van der Waals surface area (Å²) in [5.74, 6) is 0.407. The minimum absolute atomic E-state index is 0.0576. The lowest BCUT2D eigenvalue weighted by Crippen LogP contribution is -2.31. The predicted molar refractivity (Wildman–Crippen MR) is 109 cm³/mol. The zero-order valence-electron chi connectivity index (χ0n) is 16.3. The lowest BCUT2D eigenvalue weighted by atomic mass is 10.1. The molecule has 4 rings (SSSR count). The predicted octanol–water partition coefficient (Wildman–Crippen LogP) is 4.80. The molecule has 4 nitrogen and oxygen atoms in total. The molecule has 1 amide bonds. The molecule has 0 unspecified atom stereocenters. The number of ether oxygens (including phenoxy) is 1. The summed E-state index contributed by atoms with van der Waals surface area (Å²) in [6, 6.07) is 19.6. The van der Waals surface area contributed by atoms with Gasteiger partial charge in [-0.2, -0.15) is 0 Å². The van der Waals surface area contributed by atoms with Crippen LogP contribution >= 0.6 is 0 Å². The summed E-state index contributed by atoms with van der Waals surface area (Å²) >= 11 is 0. The van der Waals surface area contributed by atoms with Crippen molar-refractivity contribution in [3.63, 3.8) is 0 Å². The third kappa shape index (κ3) is 4.29. The highest BCUT2D eigenvalue weighted by atomic mass is 19.1. The Morgan fingerprint density at radius 1 is 1.14 bits per heavy atom. The van der Waals surface area contributed by atoms with Crippen molar-refractivity contribution in [3.05, 3.63) is 95.1 Å². The number of aromatic nitrogens is 1. The van der Waals surface area contributed by atoms with Crippen molar-refractivity contribution >= 4 is 5.91 Å². The first-order valence-electron chi connectivity index (χ1n) is 9.79. The van der Waals surface area contributed by atoms with Crippen LogP contribution in [0.4, 0.5) is 4.39 Å². The summed E-state index contributed by atoms with van der Waals surface area (Å²) in [6.45, 7) is 0.683. The van der Waals surface area contributed by atoms with Crippen LogP contribution in [0.25, 0.3) is 0 Å². The molecule has 2 aromatic carbocycles. The number of likely N-dealkylation sites (tertiary alicyclic amines) is 1. The van der Waals surface area contributed by atoms with Crippen LogP contribution in [0.5, 0.6) is 5.75 Å². The van der Waals surface area contributed by atoms with Gasteiger partial charge in [-0.1, -0.05) is 18.2 Å². The number of amides is 1. The molecule has 3 aromatic rings. The highest BCUT2D eigenvalue weighted by molar-refractivity contribution is 5.94. The van der Waals surface area contributed by atoms with E-state index in [1.807, 2.05) is 41.3 Å². The van der Waals surface area contributed by atoms with Gasteiger partial charge in [-0.3, -0.25) is 9.78 Å². The highest BCUT2D eigenvalue weighted by Gasteiger charge is 2.31. The van der Waals surface area contributed by atoms with E-state index in [1.165, 1.54) is 12.1 Å². The Kier molecular flexibility index (Phi) is 5.56. The van der Waals surface area contributed by atoms with Crippen molar-refractivity contribution in [1.82, 2.24) is 9.88 Å². The molecule has 2 heterocycles. The maximum absolute atomic E-state index is 13.2. The monoisotopic (exact) mass is 390 g/mol. The Morgan fingerprint density at radius 2 is 1.93 bits per heavy atom. The van der Waals surface area contributed by atoms with E-state index in [4.69, 9.17) is 9.72 Å². The molecular weight excluding hydrogens is 367 g/mol. The third-order valence-corrected chi connectivity index (χ3v) is 5.29. The molecule has 1 fully saturated rings. The Bertz CT molecular complexity index is 1000. The van der Waals surface area contributed by atoms with Gasteiger partial charge < -0.3 is 9.64 Å². The molecular formula is C24H23FN2O2. The number of methoxy groups -OCH3 is 1. The molecule has 0 radical (unpaired) electrons. The molecule has 0 bridgehead atoms. The normalized spacial score (nSPS) is 16.1. The van der Waals surface area contributed by atoms with Crippen LogP contribution < -0.4 is 4.74 Å². The van der Waals surface area contributed by atoms with Crippen molar-refractivity contribution in [3.8, 4) is 5.75 Å². The minimum atomic E-state index is -0.341. The van der Waals surface area contributed by atoms with Gasteiger partial charge in [0.05, 0.1) is 18.8 Å². The summed E-state index contributed by atoms with van der Waals surface area (Å²) in [6.07, 6.45) is 2.51. The topological polar surface area (TPSA) is 42.4 Å². The summed E-state index contributed by atoms with van der Waals surface area (Å²) in [7, 11) is 1.66. The Morgan fingerprint density at radius 3 is 2.72 bits per heavy atom. The number of carbonyl (C=O) groups is 1. The molecule has 5 heteroatoms. The summed E-state index contributed by atoms with van der Waals surface area (Å²) in [5, 5.41) is 0. The van der Waals surface area contributed by atoms with Crippen LogP contribution in [0.2, 0.25) is 0 Å². The molecule has 1 atom stereocenters. The van der Waals surface area contributed by atoms with Crippen LogP contribution in [0.15, 0.2) is 66.7 Å². The Hall–Kier alpha value is -3.21. The Balaban J connectivity index is 1.55. The molecule has 1 aliphatic heterocycles. The van der Waals surface area contributed by atoms with E-state index in [1.54, 1.807) is 19.2 Å². The van der Waals surface area contributed by atoms with Gasteiger partial charge in [0.1, 0.15) is 11.6 Å². The second-order valence-corrected chi connectivity index (χ2v) is 7.25. The van der Waals surface area contributed by atoms with Crippen LogP contribution in [0.1, 0.15) is 46.2 Å². The van der Waals surface area contributed by atoms with E-state index >= 15 is 0 Å². The van der Waals surface area contributed by atoms with Gasteiger partial charge in [0.25, 0.3) is 5.91 Å². The van der Waals surface area contributed by atoms with Crippen LogP contribution in [-0.4, -0.2) is 29.4 Å². The number of pyridine rings is 1. The molecule has 1 aromatic heterocycles. The van der Waals surface area contributed by atoms with Crippen molar-refractivity contribution in [2.45, 2.75) is 25.3 Å². The zero-order chi connectivity index (χ0) is 20.2. The van der Waals surface area contributed by atoms with E-state index < -0.39 is 0 Å². The molecule has 148 valence electrons. The summed E-state index contributed by atoms with van der Waals surface area (Å²) in [4.78, 5) is 19.7. The first kappa shape index (κ1) is 19.1. The Labute approximate surface area is 170 Å². The number of carbonyl (C=O) groups excluding carboxylic acids is 1. The maximum atomic E-state index is 13.2. The van der Waals surface area contributed by atoms with Crippen molar-refractivity contribution in [2.24, 2.45) is 0 Å². The van der Waals surface area contributed by atoms with Gasteiger partial charge in [-0.25, -0.2) is 4.39 Å². The first-order chi connectivity index (χ1) is 14.1. The summed E-state index contributed by atoms with van der Waals surface area (Å²) in [5.41, 5.74) is 3.49. The molecule has 0 saturated carbocycles. The average molecular weight is 390 g/mol. The van der Waals surface area contributed by atoms with Crippen molar-refractivity contribution < 1.29 is 13.9 Å². The number of rotatable bonds is 5. The second-order valence-electron chi connectivity index (χ2n) is 7.25. The zero-order valence-corrected chi connectivity index (χ0v) is 16.3. The van der Waals surface area contributed by atoms with Gasteiger partial charge in [0.2, 0.25) is 0 Å². The summed E-state index contributed by atoms with van der Waals surface area (Å²) < 4.78 is 18.5. The molecule has 0 spiro atoms. The molecule has 0 N–H and O–H groups in total. The highest BCUT2D eigenvalue weighted by Crippen LogP contribution is 2.32. The van der Waals surface area contributed by atoms with E-state index in [0.29, 0.717) is 18.5 Å². The number of nitrogens with zero attached hydrogens (tertiary/aromatic N) is 2. The SMILES string of the molecule is COc1cccc(Cc2cccc([C@H]3CCCN3C(=O)c3ccc(F)cc3)n2)c1. The third-order valence-electron chi connectivity index (χ3n) is 5.29. The molecule has 1 saturated heterocycles. The van der Waals surface area contributed by atoms with E-state index in [-0.39, 0.29) is 17.8 Å². The van der Waals surface area contributed by atoms with Crippen LogP contribution in [-0.2, 0) is 6.42 Å². The van der Waals surface area contributed by atoms with Gasteiger partial charge in [-0.15, -0.1) is 0 Å². The van der Waals surface area contributed by atoms with Gasteiger partial charge in [-0.05, 0) is 66.9 Å². The minimum Gasteiger partial charge on any atom is -0.497 e. The van der Waals surface area contributed by atoms with Gasteiger partial charge in [0.15, 0.2) is 0 Å².